The van der Waals surface area contributed by atoms with Gasteiger partial charge >= 0.3 is 6.09 Å². The van der Waals surface area contributed by atoms with Gasteiger partial charge in [-0.1, -0.05) is 49.2 Å². The Labute approximate surface area is 232 Å². The second-order valence-electron chi connectivity index (χ2n) is 11.1. The van der Waals surface area contributed by atoms with Crippen LogP contribution in [0.25, 0.3) is 0 Å². The van der Waals surface area contributed by atoms with Crippen molar-refractivity contribution in [3.63, 3.8) is 0 Å². The predicted octanol–water partition coefficient (Wildman–Crippen LogP) is 5.95. The maximum Gasteiger partial charge on any atom is 0.408 e. The van der Waals surface area contributed by atoms with Crippen LogP contribution in [0.3, 0.4) is 0 Å². The summed E-state index contributed by atoms with van der Waals surface area (Å²) >= 11 is 0. The Hall–Kier alpha value is -3.81. The number of amides is 3. The van der Waals surface area contributed by atoms with Gasteiger partial charge in [0.15, 0.2) is 0 Å². The number of carbonyl (C=O) groups excluding carboxylic acids is 3. The summed E-state index contributed by atoms with van der Waals surface area (Å²) < 4.78 is 10.6. The number of hydrogen-bond donors (Lipinski definition) is 2. The van der Waals surface area contributed by atoms with Gasteiger partial charge in [0, 0.05) is 12.2 Å². The minimum Gasteiger partial charge on any atom is -0.497 e. The molecule has 0 heterocycles. The van der Waals surface area contributed by atoms with E-state index in [-0.39, 0.29) is 18.4 Å². The van der Waals surface area contributed by atoms with Crippen LogP contribution in [0, 0.1) is 19.8 Å². The van der Waals surface area contributed by atoms with Crippen molar-refractivity contribution < 1.29 is 23.9 Å². The van der Waals surface area contributed by atoms with Gasteiger partial charge in [0.05, 0.1) is 7.11 Å². The Morgan fingerprint density at radius 1 is 1.03 bits per heavy atom. The number of nitrogens with one attached hydrogen (secondary N) is 2. The highest BCUT2D eigenvalue weighted by atomic mass is 16.6. The molecule has 3 amide bonds. The summed E-state index contributed by atoms with van der Waals surface area (Å²) in [6.45, 7) is 17.0. The average molecular weight is 538 g/mol. The molecule has 39 heavy (non-hydrogen) atoms. The van der Waals surface area contributed by atoms with E-state index in [9.17, 15) is 14.4 Å². The number of methoxy groups -OCH3 is 1. The van der Waals surface area contributed by atoms with Crippen molar-refractivity contribution in [3.8, 4) is 5.75 Å². The lowest BCUT2D eigenvalue weighted by Gasteiger charge is -2.34. The summed E-state index contributed by atoms with van der Waals surface area (Å²) in [5.74, 6) is -0.0382. The summed E-state index contributed by atoms with van der Waals surface area (Å²) in [4.78, 5) is 42.1. The van der Waals surface area contributed by atoms with Gasteiger partial charge in [0.2, 0.25) is 5.91 Å². The van der Waals surface area contributed by atoms with Crippen LogP contribution in [-0.2, 0) is 14.3 Å². The van der Waals surface area contributed by atoms with Gasteiger partial charge in [-0.2, -0.15) is 0 Å². The highest BCUT2D eigenvalue weighted by molar-refractivity contribution is 5.99. The normalized spacial score (nSPS) is 12.7. The molecule has 2 aromatic carbocycles. The van der Waals surface area contributed by atoms with Crippen LogP contribution in [0.4, 0.5) is 10.5 Å². The van der Waals surface area contributed by atoms with Crippen LogP contribution in [0.2, 0.25) is 0 Å². The second-order valence-corrected chi connectivity index (χ2v) is 11.1. The molecule has 2 unspecified atom stereocenters. The van der Waals surface area contributed by atoms with Gasteiger partial charge in [0.25, 0.3) is 5.91 Å². The summed E-state index contributed by atoms with van der Waals surface area (Å²) in [6, 6.07) is 10.9. The maximum absolute atomic E-state index is 14.1. The van der Waals surface area contributed by atoms with Crippen LogP contribution < -0.4 is 15.4 Å². The molecular formula is C31H43N3O5. The lowest BCUT2D eigenvalue weighted by molar-refractivity contribution is -0.140. The SMILES string of the molecule is C=CCN(C(=O)C(CC(C)C)NC(=O)OC(C)(C)C)C(C(=O)Nc1ccc(OC)cc1)c1cc(C)cc(C)c1. The molecule has 0 aliphatic rings. The smallest absolute Gasteiger partial charge is 0.408 e. The quantitative estimate of drug-likeness (QED) is 0.346. The Morgan fingerprint density at radius 3 is 2.10 bits per heavy atom. The molecular weight excluding hydrogens is 494 g/mol. The molecule has 2 aromatic rings. The summed E-state index contributed by atoms with van der Waals surface area (Å²) in [6.07, 6.45) is 1.25. The second kappa shape index (κ2) is 13.8. The Kier molecular flexibility index (Phi) is 11.1. The van der Waals surface area contributed by atoms with Crippen molar-refractivity contribution in [2.24, 2.45) is 5.92 Å². The van der Waals surface area contributed by atoms with E-state index in [1.165, 1.54) is 4.90 Å². The molecule has 0 saturated heterocycles. The van der Waals surface area contributed by atoms with Gasteiger partial charge in [-0.25, -0.2) is 4.79 Å². The van der Waals surface area contributed by atoms with Crippen LogP contribution >= 0.6 is 0 Å². The fourth-order valence-corrected chi connectivity index (χ4v) is 4.33. The molecule has 0 radical (unpaired) electrons. The van der Waals surface area contributed by atoms with Crippen LogP contribution in [0.1, 0.15) is 63.8 Å². The summed E-state index contributed by atoms with van der Waals surface area (Å²) in [5, 5.41) is 5.68. The lowest BCUT2D eigenvalue weighted by atomic mass is 9.97. The predicted molar refractivity (Wildman–Crippen MR) is 155 cm³/mol. The van der Waals surface area contributed by atoms with E-state index in [1.54, 1.807) is 58.2 Å². The third-order valence-electron chi connectivity index (χ3n) is 5.78. The number of carbonyl (C=O) groups is 3. The number of alkyl carbamates (subject to hydrolysis) is 1. The molecule has 0 aliphatic heterocycles. The largest absolute Gasteiger partial charge is 0.497 e. The number of anilines is 1. The minimum atomic E-state index is -0.980. The van der Waals surface area contributed by atoms with Crippen molar-refractivity contribution in [2.75, 3.05) is 19.0 Å². The number of rotatable bonds is 11. The number of aryl methyl sites for hydroxylation is 2. The van der Waals surface area contributed by atoms with E-state index in [0.29, 0.717) is 23.4 Å². The molecule has 2 rings (SSSR count). The first-order chi connectivity index (χ1) is 18.2. The highest BCUT2D eigenvalue weighted by Gasteiger charge is 2.36. The zero-order chi connectivity index (χ0) is 29.3. The van der Waals surface area contributed by atoms with E-state index in [1.807, 2.05) is 45.9 Å². The highest BCUT2D eigenvalue weighted by Crippen LogP contribution is 2.27. The van der Waals surface area contributed by atoms with E-state index in [2.05, 4.69) is 17.2 Å². The first-order valence-electron chi connectivity index (χ1n) is 13.2. The van der Waals surface area contributed by atoms with E-state index in [0.717, 1.165) is 11.1 Å². The molecule has 212 valence electrons. The molecule has 8 nitrogen and oxygen atoms in total. The molecule has 0 aliphatic carbocycles. The van der Waals surface area contributed by atoms with E-state index in [4.69, 9.17) is 9.47 Å². The number of benzene rings is 2. The monoisotopic (exact) mass is 537 g/mol. The third kappa shape index (κ3) is 9.78. The van der Waals surface area contributed by atoms with Gasteiger partial charge < -0.3 is 25.0 Å². The van der Waals surface area contributed by atoms with Gasteiger partial charge in [0.1, 0.15) is 23.4 Å². The van der Waals surface area contributed by atoms with E-state index >= 15 is 0 Å². The zero-order valence-corrected chi connectivity index (χ0v) is 24.5. The standard InChI is InChI=1S/C31H43N3O5/c1-10-15-34(29(36)26(16-20(2)3)33-30(37)39-31(6,7)8)27(23-18-21(4)17-22(5)19-23)28(35)32-24-11-13-25(38-9)14-12-24/h10-14,17-20,26-27H,1,15-16H2,2-9H3,(H,32,35)(H,33,37). The molecule has 8 heteroatoms. The summed E-state index contributed by atoms with van der Waals surface area (Å²) in [7, 11) is 1.57. The molecule has 0 fully saturated rings. The lowest BCUT2D eigenvalue weighted by Crippen LogP contribution is -2.52. The minimum absolute atomic E-state index is 0.0901. The third-order valence-corrected chi connectivity index (χ3v) is 5.78. The first kappa shape index (κ1) is 31.4. The topological polar surface area (TPSA) is 97.0 Å². The molecule has 0 spiro atoms. The number of hydrogen-bond acceptors (Lipinski definition) is 5. The molecule has 0 bridgehead atoms. The zero-order valence-electron chi connectivity index (χ0n) is 24.5. The number of ether oxygens (including phenoxy) is 2. The van der Waals surface area contributed by atoms with Gasteiger partial charge in [-0.15, -0.1) is 6.58 Å². The fraction of sp³-hybridized carbons (Fsp3) is 0.452. The van der Waals surface area contributed by atoms with Crippen LogP contribution in [0.15, 0.2) is 55.1 Å². The fourth-order valence-electron chi connectivity index (χ4n) is 4.33. The van der Waals surface area contributed by atoms with Crippen molar-refractivity contribution >= 4 is 23.6 Å². The number of nitrogens with zero attached hydrogens (tertiary/aromatic N) is 1. The molecule has 0 saturated carbocycles. The van der Waals surface area contributed by atoms with Crippen molar-refractivity contribution in [1.29, 1.82) is 0 Å². The van der Waals surface area contributed by atoms with Crippen molar-refractivity contribution in [2.45, 2.75) is 72.6 Å². The Morgan fingerprint density at radius 2 is 1.62 bits per heavy atom. The van der Waals surface area contributed by atoms with Crippen LogP contribution in [-0.4, -0.2) is 48.1 Å². The van der Waals surface area contributed by atoms with Gasteiger partial charge in [-0.05, 0) is 76.8 Å². The molecule has 2 N–H and O–H groups in total. The van der Waals surface area contributed by atoms with Crippen LogP contribution in [0.5, 0.6) is 5.75 Å². The average Bonchev–Trinajstić information content (AvgIpc) is 2.81. The van der Waals surface area contributed by atoms with Crippen molar-refractivity contribution in [1.82, 2.24) is 10.2 Å². The Balaban J connectivity index is 2.53. The van der Waals surface area contributed by atoms with Crippen molar-refractivity contribution in [3.05, 3.63) is 71.8 Å². The molecule has 0 aromatic heterocycles. The maximum atomic E-state index is 14.1. The summed E-state index contributed by atoms with van der Waals surface area (Å²) in [5.41, 5.74) is 2.42. The molecule has 2 atom stereocenters. The Bertz CT molecular complexity index is 1130. The van der Waals surface area contributed by atoms with Gasteiger partial charge in [-0.3, -0.25) is 9.59 Å². The van der Waals surface area contributed by atoms with E-state index < -0.39 is 29.7 Å². The first-order valence-corrected chi connectivity index (χ1v) is 13.2.